The predicted octanol–water partition coefficient (Wildman–Crippen LogP) is 4.46. The highest BCUT2D eigenvalue weighted by atomic mass is 16.6. The Hall–Kier alpha value is -0.730. The summed E-state index contributed by atoms with van der Waals surface area (Å²) < 4.78 is 5.46. The molecule has 0 bridgehead atoms. The number of carbonyl (C=O) groups is 1. The molecule has 1 aliphatic rings. The number of carbonyl (C=O) groups excluding carboxylic acids is 1. The molecule has 2 atom stereocenters. The van der Waals surface area contributed by atoms with Crippen LogP contribution >= 0.6 is 0 Å². The summed E-state index contributed by atoms with van der Waals surface area (Å²) in [7, 11) is 1.88. The van der Waals surface area contributed by atoms with Gasteiger partial charge in [0.05, 0.1) is 0 Å². The molecule has 2 unspecified atom stereocenters. The third-order valence-electron chi connectivity index (χ3n) is 4.10. The summed E-state index contributed by atoms with van der Waals surface area (Å²) in [6.07, 6.45) is 4.50. The van der Waals surface area contributed by atoms with Gasteiger partial charge in [-0.2, -0.15) is 0 Å². The van der Waals surface area contributed by atoms with Crippen molar-refractivity contribution in [1.82, 2.24) is 4.90 Å². The number of hydrogen-bond donors (Lipinski definition) is 0. The maximum absolute atomic E-state index is 12.1. The smallest absolute Gasteiger partial charge is 0.410 e. The largest absolute Gasteiger partial charge is 0.444 e. The van der Waals surface area contributed by atoms with E-state index in [2.05, 4.69) is 20.8 Å². The van der Waals surface area contributed by atoms with Crippen LogP contribution in [0.4, 0.5) is 4.79 Å². The molecule has 112 valence electrons. The van der Waals surface area contributed by atoms with Gasteiger partial charge in [-0.3, -0.25) is 0 Å². The zero-order chi connectivity index (χ0) is 14.8. The predicted molar refractivity (Wildman–Crippen MR) is 79.2 cm³/mol. The quantitative estimate of drug-likeness (QED) is 0.703. The van der Waals surface area contributed by atoms with Crippen LogP contribution < -0.4 is 0 Å². The Kier molecular flexibility index (Phi) is 4.91. The molecule has 0 aromatic rings. The third kappa shape index (κ3) is 5.04. The van der Waals surface area contributed by atoms with Crippen molar-refractivity contribution in [2.75, 3.05) is 7.05 Å². The molecule has 1 rings (SSSR count). The van der Waals surface area contributed by atoms with E-state index < -0.39 is 5.60 Å². The second-order valence-corrected chi connectivity index (χ2v) is 7.97. The first-order chi connectivity index (χ1) is 8.50. The molecule has 0 aromatic heterocycles. The molecular weight excluding hydrogens is 238 g/mol. The van der Waals surface area contributed by atoms with Crippen LogP contribution in [0.25, 0.3) is 0 Å². The summed E-state index contributed by atoms with van der Waals surface area (Å²) >= 11 is 0. The molecule has 3 nitrogen and oxygen atoms in total. The van der Waals surface area contributed by atoms with E-state index in [0.717, 1.165) is 12.8 Å². The van der Waals surface area contributed by atoms with Crippen LogP contribution in [0.5, 0.6) is 0 Å². The third-order valence-corrected chi connectivity index (χ3v) is 4.10. The van der Waals surface area contributed by atoms with Crippen molar-refractivity contribution in [1.29, 1.82) is 0 Å². The second-order valence-electron chi connectivity index (χ2n) is 7.97. The fourth-order valence-electron chi connectivity index (χ4n) is 2.79. The molecule has 0 heterocycles. The van der Waals surface area contributed by atoms with Crippen molar-refractivity contribution in [3.8, 4) is 0 Å². The van der Waals surface area contributed by atoms with Crippen molar-refractivity contribution < 1.29 is 9.53 Å². The van der Waals surface area contributed by atoms with E-state index in [4.69, 9.17) is 4.74 Å². The highest BCUT2D eigenvalue weighted by Crippen LogP contribution is 2.39. The summed E-state index contributed by atoms with van der Waals surface area (Å²) in [4.78, 5) is 13.9. The Morgan fingerprint density at radius 3 is 2.16 bits per heavy atom. The van der Waals surface area contributed by atoms with E-state index in [9.17, 15) is 4.79 Å². The summed E-state index contributed by atoms with van der Waals surface area (Å²) in [5, 5.41) is 0. The van der Waals surface area contributed by atoms with Gasteiger partial charge in [0.25, 0.3) is 0 Å². The lowest BCUT2D eigenvalue weighted by Crippen LogP contribution is -2.44. The highest BCUT2D eigenvalue weighted by Gasteiger charge is 2.34. The lowest BCUT2D eigenvalue weighted by molar-refractivity contribution is 0.0118. The Morgan fingerprint density at radius 1 is 1.11 bits per heavy atom. The van der Waals surface area contributed by atoms with Crippen molar-refractivity contribution in [3.05, 3.63) is 0 Å². The van der Waals surface area contributed by atoms with Gasteiger partial charge in [0.15, 0.2) is 0 Å². The molecule has 19 heavy (non-hydrogen) atoms. The second kappa shape index (κ2) is 5.72. The van der Waals surface area contributed by atoms with E-state index >= 15 is 0 Å². The number of amides is 1. The topological polar surface area (TPSA) is 29.5 Å². The summed E-state index contributed by atoms with van der Waals surface area (Å²) in [6, 6.07) is 0.327. The minimum atomic E-state index is -0.413. The molecule has 1 saturated carbocycles. The van der Waals surface area contributed by atoms with Gasteiger partial charge < -0.3 is 9.64 Å². The number of ether oxygens (including phenoxy) is 1. The van der Waals surface area contributed by atoms with Gasteiger partial charge in [0.2, 0.25) is 0 Å². The van der Waals surface area contributed by atoms with Crippen LogP contribution in [0, 0.1) is 11.3 Å². The Labute approximate surface area is 118 Å². The average Bonchev–Trinajstić information content (AvgIpc) is 2.24. The first-order valence-electron chi connectivity index (χ1n) is 7.46. The Morgan fingerprint density at radius 2 is 1.68 bits per heavy atom. The maximum atomic E-state index is 12.1. The molecule has 0 aromatic carbocycles. The van der Waals surface area contributed by atoms with Gasteiger partial charge in [0, 0.05) is 13.1 Å². The zero-order valence-electron chi connectivity index (χ0n) is 13.7. The van der Waals surface area contributed by atoms with Crippen molar-refractivity contribution in [2.24, 2.45) is 11.3 Å². The monoisotopic (exact) mass is 269 g/mol. The average molecular weight is 269 g/mol. The fraction of sp³-hybridized carbons (Fsp3) is 0.938. The molecule has 0 saturated heterocycles. The molecule has 0 radical (unpaired) electrons. The summed E-state index contributed by atoms with van der Waals surface area (Å²) in [5.41, 5.74) is -0.0864. The van der Waals surface area contributed by atoms with E-state index in [1.807, 2.05) is 32.7 Å². The van der Waals surface area contributed by atoms with Crippen LogP contribution in [0.3, 0.4) is 0 Å². The van der Waals surface area contributed by atoms with Crippen LogP contribution in [-0.4, -0.2) is 29.7 Å². The van der Waals surface area contributed by atoms with Crippen molar-refractivity contribution in [3.63, 3.8) is 0 Å². The van der Waals surface area contributed by atoms with Crippen molar-refractivity contribution in [2.45, 2.75) is 78.9 Å². The van der Waals surface area contributed by atoms with Crippen LogP contribution in [-0.2, 0) is 4.74 Å². The van der Waals surface area contributed by atoms with Gasteiger partial charge >= 0.3 is 6.09 Å². The standard InChI is InChI=1S/C16H31NO2/c1-15(2,3)12-9-8-10-13(11-12)17(7)14(18)19-16(4,5)6/h12-13H,8-11H2,1-7H3. The van der Waals surface area contributed by atoms with Gasteiger partial charge in [-0.05, 0) is 51.4 Å². The van der Waals surface area contributed by atoms with E-state index in [1.165, 1.54) is 12.8 Å². The first kappa shape index (κ1) is 16.3. The zero-order valence-corrected chi connectivity index (χ0v) is 13.7. The number of nitrogens with zero attached hydrogens (tertiary/aromatic N) is 1. The maximum Gasteiger partial charge on any atom is 0.410 e. The van der Waals surface area contributed by atoms with Gasteiger partial charge in [-0.1, -0.05) is 27.2 Å². The molecule has 3 heteroatoms. The highest BCUT2D eigenvalue weighted by molar-refractivity contribution is 5.68. The molecule has 1 aliphatic carbocycles. The van der Waals surface area contributed by atoms with Crippen LogP contribution in [0.15, 0.2) is 0 Å². The van der Waals surface area contributed by atoms with E-state index in [-0.39, 0.29) is 6.09 Å². The van der Waals surface area contributed by atoms with E-state index in [0.29, 0.717) is 17.4 Å². The van der Waals surface area contributed by atoms with E-state index in [1.54, 1.807) is 0 Å². The van der Waals surface area contributed by atoms with Crippen LogP contribution in [0.1, 0.15) is 67.2 Å². The molecule has 0 spiro atoms. The summed E-state index contributed by atoms with van der Waals surface area (Å²) in [5.74, 6) is 0.691. The molecule has 1 amide bonds. The summed E-state index contributed by atoms with van der Waals surface area (Å²) in [6.45, 7) is 12.6. The van der Waals surface area contributed by atoms with Crippen LogP contribution in [0.2, 0.25) is 0 Å². The molecular formula is C16H31NO2. The lowest BCUT2D eigenvalue weighted by atomic mass is 9.71. The van der Waals surface area contributed by atoms with Crippen molar-refractivity contribution >= 4 is 6.09 Å². The molecule has 0 aliphatic heterocycles. The Bertz CT molecular complexity index is 312. The lowest BCUT2D eigenvalue weighted by Gasteiger charge is -2.41. The number of hydrogen-bond acceptors (Lipinski definition) is 2. The first-order valence-corrected chi connectivity index (χ1v) is 7.46. The minimum absolute atomic E-state index is 0.188. The SMILES string of the molecule is CN(C(=O)OC(C)(C)C)C1CCCC(C(C)(C)C)C1. The normalized spacial score (nSPS) is 25.0. The number of rotatable bonds is 1. The molecule has 0 N–H and O–H groups in total. The minimum Gasteiger partial charge on any atom is -0.444 e. The van der Waals surface area contributed by atoms with Gasteiger partial charge in [-0.25, -0.2) is 4.79 Å². The van der Waals surface area contributed by atoms with Gasteiger partial charge in [0.1, 0.15) is 5.60 Å². The molecule has 1 fully saturated rings. The fourth-order valence-corrected chi connectivity index (χ4v) is 2.79. The van der Waals surface area contributed by atoms with Gasteiger partial charge in [-0.15, -0.1) is 0 Å². The Balaban J connectivity index is 2.62.